The summed E-state index contributed by atoms with van der Waals surface area (Å²) in [4.78, 5) is 12.8. The van der Waals surface area contributed by atoms with Gasteiger partial charge in [0, 0.05) is 6.54 Å². The molecule has 2 N–H and O–H groups in total. The van der Waals surface area contributed by atoms with Gasteiger partial charge in [-0.1, -0.05) is 51.1 Å². The zero-order chi connectivity index (χ0) is 21.9. The fraction of sp³-hybridized carbons (Fsp3) is 0.400. The first-order valence-electron chi connectivity index (χ1n) is 10.5. The first kappa shape index (κ1) is 23.3. The zero-order valence-electron chi connectivity index (χ0n) is 18.4. The average Bonchev–Trinajstić information content (AvgIpc) is 2.89. The van der Waals surface area contributed by atoms with E-state index in [4.69, 9.17) is 9.47 Å². The number of methoxy groups -OCH3 is 1. The summed E-state index contributed by atoms with van der Waals surface area (Å²) in [7, 11) is 1.64. The van der Waals surface area contributed by atoms with Crippen LogP contribution in [0.2, 0.25) is 0 Å². The first-order chi connectivity index (χ1) is 14.5. The van der Waals surface area contributed by atoms with Crippen LogP contribution in [-0.4, -0.2) is 32.2 Å². The Hall–Kier alpha value is -2.95. The Bertz CT molecular complexity index is 806. The summed E-state index contributed by atoms with van der Waals surface area (Å²) in [6.45, 7) is 13.4. The molecule has 0 spiro atoms. The van der Waals surface area contributed by atoms with Gasteiger partial charge in [0.2, 0.25) is 0 Å². The molecule has 0 aliphatic carbocycles. The van der Waals surface area contributed by atoms with E-state index in [2.05, 4.69) is 30.7 Å². The number of carbonyl (C=O) groups excluding carboxylic acids is 1. The van der Waals surface area contributed by atoms with Crippen LogP contribution in [0.5, 0.6) is 5.75 Å². The molecule has 2 rings (SSSR count). The summed E-state index contributed by atoms with van der Waals surface area (Å²) in [5.74, 6) is 1.44. The van der Waals surface area contributed by atoms with E-state index in [-0.39, 0.29) is 11.9 Å². The number of carbonyl (C=O) groups is 1. The third kappa shape index (κ3) is 6.83. The molecule has 0 bridgehead atoms. The van der Waals surface area contributed by atoms with Gasteiger partial charge in [0.1, 0.15) is 5.75 Å². The maximum absolute atomic E-state index is 12.8. The minimum Gasteiger partial charge on any atom is -0.498 e. The van der Waals surface area contributed by atoms with Crippen molar-refractivity contribution in [1.29, 1.82) is 0 Å². The van der Waals surface area contributed by atoms with E-state index in [1.54, 1.807) is 13.2 Å². The number of amides is 1. The Balaban J connectivity index is 2.03. The molecule has 1 unspecified atom stereocenters. The molecule has 5 heteroatoms. The second-order valence-electron chi connectivity index (χ2n) is 7.43. The molecule has 0 saturated heterocycles. The Morgan fingerprint density at radius 1 is 1.27 bits per heavy atom. The van der Waals surface area contributed by atoms with Crippen molar-refractivity contribution < 1.29 is 14.3 Å². The van der Waals surface area contributed by atoms with Gasteiger partial charge in [-0.05, 0) is 49.1 Å². The van der Waals surface area contributed by atoms with Gasteiger partial charge in [-0.15, -0.1) is 0 Å². The highest BCUT2D eigenvalue weighted by Gasteiger charge is 2.22. The van der Waals surface area contributed by atoms with Gasteiger partial charge >= 0.3 is 0 Å². The zero-order valence-corrected chi connectivity index (χ0v) is 18.4. The van der Waals surface area contributed by atoms with Gasteiger partial charge in [-0.25, -0.2) is 0 Å². The van der Waals surface area contributed by atoms with E-state index < -0.39 is 0 Å². The van der Waals surface area contributed by atoms with Gasteiger partial charge in [0.25, 0.3) is 5.91 Å². The molecule has 30 heavy (non-hydrogen) atoms. The maximum Gasteiger partial charge on any atom is 0.253 e. The minimum absolute atomic E-state index is 0.0845. The Kier molecular flexibility index (Phi) is 9.26. The van der Waals surface area contributed by atoms with Crippen molar-refractivity contribution in [2.45, 2.75) is 45.6 Å². The van der Waals surface area contributed by atoms with Crippen molar-refractivity contribution in [2.75, 3.05) is 20.3 Å². The van der Waals surface area contributed by atoms with Gasteiger partial charge in [-0.2, -0.15) is 0 Å². The van der Waals surface area contributed by atoms with Crippen LogP contribution in [0, 0.1) is 0 Å². The van der Waals surface area contributed by atoms with Gasteiger partial charge < -0.3 is 20.1 Å². The second-order valence-corrected chi connectivity index (χ2v) is 7.43. The molecular formula is C25H34N2O3. The summed E-state index contributed by atoms with van der Waals surface area (Å²) in [6.07, 6.45) is 7.43. The summed E-state index contributed by atoms with van der Waals surface area (Å²) >= 11 is 0. The van der Waals surface area contributed by atoms with Crippen LogP contribution in [0.4, 0.5) is 0 Å². The summed E-state index contributed by atoms with van der Waals surface area (Å²) in [5, 5.41) is 6.46. The molecule has 1 atom stereocenters. The number of benzene rings is 1. The standard InChI is InChI=1S/C25H34N2O3/c1-6-8-9-14-30-19(4)16-24-23(7-2)25(28)27-21(17-26-24)15-18(3)20-10-12-22(29-5)13-11-20/h7,10-13,16,21,26H,2-3,6,8-9,14-15,17H2,1,4-5H3,(H,27,28)/b19-16+. The molecule has 1 aromatic carbocycles. The molecule has 0 saturated carbocycles. The van der Waals surface area contributed by atoms with Crippen LogP contribution >= 0.6 is 0 Å². The molecule has 1 aliphatic rings. The average molecular weight is 411 g/mol. The third-order valence-electron chi connectivity index (χ3n) is 5.03. The van der Waals surface area contributed by atoms with Crippen LogP contribution in [0.3, 0.4) is 0 Å². The number of hydrogen-bond acceptors (Lipinski definition) is 4. The van der Waals surface area contributed by atoms with E-state index in [0.717, 1.165) is 47.6 Å². The van der Waals surface area contributed by atoms with Crippen LogP contribution in [-0.2, 0) is 9.53 Å². The van der Waals surface area contributed by atoms with E-state index in [1.807, 2.05) is 37.3 Å². The van der Waals surface area contributed by atoms with Crippen molar-refractivity contribution in [3.05, 3.63) is 72.2 Å². The summed E-state index contributed by atoms with van der Waals surface area (Å²) in [5.41, 5.74) is 3.24. The second kappa shape index (κ2) is 11.9. The predicted octanol–water partition coefficient (Wildman–Crippen LogP) is 4.74. The lowest BCUT2D eigenvalue weighted by Crippen LogP contribution is -2.38. The predicted molar refractivity (Wildman–Crippen MR) is 123 cm³/mol. The Labute approximate surface area is 180 Å². The van der Waals surface area contributed by atoms with Crippen LogP contribution in [0.25, 0.3) is 5.57 Å². The molecular weight excluding hydrogens is 376 g/mol. The maximum atomic E-state index is 12.8. The molecule has 1 amide bonds. The number of hydrogen-bond donors (Lipinski definition) is 2. The highest BCUT2D eigenvalue weighted by molar-refractivity contribution is 5.97. The third-order valence-corrected chi connectivity index (χ3v) is 5.03. The monoisotopic (exact) mass is 410 g/mol. The highest BCUT2D eigenvalue weighted by atomic mass is 16.5. The largest absolute Gasteiger partial charge is 0.498 e. The Morgan fingerprint density at radius 2 is 2.00 bits per heavy atom. The molecule has 1 aliphatic heterocycles. The van der Waals surface area contributed by atoms with Crippen molar-refractivity contribution in [3.63, 3.8) is 0 Å². The van der Waals surface area contributed by atoms with Crippen molar-refractivity contribution in [2.24, 2.45) is 0 Å². The topological polar surface area (TPSA) is 59.6 Å². The van der Waals surface area contributed by atoms with Crippen molar-refractivity contribution >= 4 is 11.5 Å². The highest BCUT2D eigenvalue weighted by Crippen LogP contribution is 2.22. The molecule has 0 aromatic heterocycles. The van der Waals surface area contributed by atoms with E-state index >= 15 is 0 Å². The summed E-state index contributed by atoms with van der Waals surface area (Å²) in [6, 6.07) is 7.70. The molecule has 162 valence electrons. The lowest BCUT2D eigenvalue weighted by Gasteiger charge is -2.18. The van der Waals surface area contributed by atoms with Crippen LogP contribution in [0.1, 0.15) is 45.1 Å². The van der Waals surface area contributed by atoms with Crippen LogP contribution in [0.15, 0.2) is 66.6 Å². The number of ether oxygens (including phenoxy) is 2. The van der Waals surface area contributed by atoms with Gasteiger partial charge in [0.15, 0.2) is 0 Å². The molecule has 5 nitrogen and oxygen atoms in total. The molecule has 1 aromatic rings. The molecule has 0 fully saturated rings. The van der Waals surface area contributed by atoms with Crippen molar-refractivity contribution in [3.8, 4) is 5.75 Å². The smallest absolute Gasteiger partial charge is 0.253 e. The number of nitrogens with one attached hydrogen (secondary N) is 2. The minimum atomic E-state index is -0.146. The number of allylic oxidation sites excluding steroid dienone is 2. The van der Waals surface area contributed by atoms with E-state index in [9.17, 15) is 4.79 Å². The molecule has 1 heterocycles. The SMILES string of the molecule is C=CC1=C(/C=C(\C)OCCCCC)NCC(CC(=C)c2ccc(OC)cc2)NC1=O. The fourth-order valence-corrected chi connectivity index (χ4v) is 3.29. The summed E-state index contributed by atoms with van der Waals surface area (Å²) < 4.78 is 11.0. The van der Waals surface area contributed by atoms with Gasteiger partial charge in [-0.3, -0.25) is 4.79 Å². The molecule has 0 radical (unpaired) electrons. The van der Waals surface area contributed by atoms with Crippen molar-refractivity contribution in [1.82, 2.24) is 10.6 Å². The quantitative estimate of drug-likeness (QED) is 0.409. The number of unbranched alkanes of at least 4 members (excludes halogenated alkanes) is 2. The fourth-order valence-electron chi connectivity index (χ4n) is 3.29. The van der Waals surface area contributed by atoms with Gasteiger partial charge in [0.05, 0.1) is 36.8 Å². The van der Waals surface area contributed by atoms with E-state index in [1.165, 1.54) is 0 Å². The first-order valence-corrected chi connectivity index (χ1v) is 10.5. The van der Waals surface area contributed by atoms with Crippen LogP contribution < -0.4 is 15.4 Å². The Morgan fingerprint density at radius 3 is 2.63 bits per heavy atom. The van der Waals surface area contributed by atoms with E-state index in [0.29, 0.717) is 25.1 Å². The number of rotatable bonds is 11. The lowest BCUT2D eigenvalue weighted by molar-refractivity contribution is -0.117. The lowest BCUT2D eigenvalue weighted by atomic mass is 10.00. The normalized spacial score (nSPS) is 17.0.